The molecule has 2 atom stereocenters. The van der Waals surface area contributed by atoms with Crippen molar-refractivity contribution >= 4 is 29.9 Å². The molecule has 0 amide bonds. The van der Waals surface area contributed by atoms with Crippen LogP contribution < -0.4 is 10.6 Å². The first kappa shape index (κ1) is 21.2. The second-order valence-electron chi connectivity index (χ2n) is 6.07. The summed E-state index contributed by atoms with van der Waals surface area (Å²) in [7, 11) is 0. The van der Waals surface area contributed by atoms with Crippen LogP contribution in [0.15, 0.2) is 35.3 Å². The van der Waals surface area contributed by atoms with Gasteiger partial charge in [-0.1, -0.05) is 30.3 Å². The van der Waals surface area contributed by atoms with Gasteiger partial charge in [0.2, 0.25) is 0 Å². The molecule has 5 nitrogen and oxygen atoms in total. The lowest BCUT2D eigenvalue weighted by molar-refractivity contribution is -0.0174. The summed E-state index contributed by atoms with van der Waals surface area (Å²) in [6, 6.07) is 11.3. The third-order valence-corrected chi connectivity index (χ3v) is 4.16. The number of hydrogen-bond donors (Lipinski definition) is 2. The maximum atomic E-state index is 5.52. The van der Waals surface area contributed by atoms with E-state index in [0.29, 0.717) is 18.6 Å². The van der Waals surface area contributed by atoms with E-state index in [1.54, 1.807) is 0 Å². The van der Waals surface area contributed by atoms with Crippen LogP contribution in [0.25, 0.3) is 0 Å². The monoisotopic (exact) mass is 446 g/mol. The molecule has 1 heterocycles. The maximum Gasteiger partial charge on any atom is 0.191 e. The average molecular weight is 446 g/mol. The fourth-order valence-corrected chi connectivity index (χ4v) is 2.85. The lowest BCUT2D eigenvalue weighted by atomic mass is 10.2. The fourth-order valence-electron chi connectivity index (χ4n) is 2.85. The van der Waals surface area contributed by atoms with E-state index in [1.807, 2.05) is 18.2 Å². The fraction of sp³-hybridized carbons (Fsp3) is 0.611. The third kappa shape index (κ3) is 6.94. The van der Waals surface area contributed by atoms with Crippen molar-refractivity contribution in [2.24, 2.45) is 4.99 Å². The van der Waals surface area contributed by atoms with E-state index in [2.05, 4.69) is 53.4 Å². The number of halogens is 1. The van der Waals surface area contributed by atoms with Crippen molar-refractivity contribution in [2.45, 2.75) is 39.4 Å². The normalized spacial score (nSPS) is 20.1. The Kier molecular flexibility index (Phi) is 10.3. The summed E-state index contributed by atoms with van der Waals surface area (Å²) in [4.78, 5) is 7.17. The predicted octanol–water partition coefficient (Wildman–Crippen LogP) is 2.47. The number of benzene rings is 1. The molecule has 0 aliphatic carbocycles. The Morgan fingerprint density at radius 2 is 2.08 bits per heavy atom. The number of guanidine groups is 1. The first-order valence-corrected chi connectivity index (χ1v) is 8.60. The summed E-state index contributed by atoms with van der Waals surface area (Å²) < 4.78 is 5.52. The molecular weight excluding hydrogens is 415 g/mol. The Balaban J connectivity index is 0.00000288. The summed E-state index contributed by atoms with van der Waals surface area (Å²) >= 11 is 0. The predicted molar refractivity (Wildman–Crippen MR) is 111 cm³/mol. The van der Waals surface area contributed by atoms with Gasteiger partial charge in [0.15, 0.2) is 5.96 Å². The molecule has 0 radical (unpaired) electrons. The summed E-state index contributed by atoms with van der Waals surface area (Å²) in [5.41, 5.74) is 1.22. The molecule has 2 unspecified atom stereocenters. The molecule has 1 aromatic carbocycles. The van der Waals surface area contributed by atoms with E-state index >= 15 is 0 Å². The minimum absolute atomic E-state index is 0. The van der Waals surface area contributed by atoms with Gasteiger partial charge in [-0.2, -0.15) is 0 Å². The highest BCUT2D eigenvalue weighted by Crippen LogP contribution is 2.10. The van der Waals surface area contributed by atoms with Gasteiger partial charge in [0, 0.05) is 31.7 Å². The van der Waals surface area contributed by atoms with E-state index in [1.165, 1.54) is 5.56 Å². The minimum atomic E-state index is 0. The number of nitrogens with zero attached hydrogens (tertiary/aromatic N) is 2. The Morgan fingerprint density at radius 1 is 1.33 bits per heavy atom. The van der Waals surface area contributed by atoms with Crippen LogP contribution in [0.5, 0.6) is 0 Å². The maximum absolute atomic E-state index is 5.52. The Hall–Kier alpha value is -0.860. The van der Waals surface area contributed by atoms with Crippen LogP contribution in [0.3, 0.4) is 0 Å². The van der Waals surface area contributed by atoms with Crippen molar-refractivity contribution in [3.8, 4) is 0 Å². The van der Waals surface area contributed by atoms with Crippen molar-refractivity contribution in [3.05, 3.63) is 35.9 Å². The number of hydrogen-bond acceptors (Lipinski definition) is 3. The molecule has 1 saturated heterocycles. The van der Waals surface area contributed by atoms with Gasteiger partial charge in [0.05, 0.1) is 19.8 Å². The standard InChI is InChI=1S/C18H30N4O.HI/c1-4-19-18(21-13-17-8-6-5-7-9-17)20-12-15(2)22-10-11-23-14-16(22)3;/h5-9,15-16H,4,10-14H2,1-3H3,(H2,19,20,21);1H. The van der Waals surface area contributed by atoms with E-state index in [4.69, 9.17) is 4.74 Å². The molecule has 1 aliphatic rings. The van der Waals surface area contributed by atoms with Crippen molar-refractivity contribution in [1.29, 1.82) is 0 Å². The van der Waals surface area contributed by atoms with Gasteiger partial charge < -0.3 is 15.4 Å². The largest absolute Gasteiger partial charge is 0.379 e. The highest BCUT2D eigenvalue weighted by Gasteiger charge is 2.23. The number of aliphatic imine (C=N–C) groups is 1. The quantitative estimate of drug-likeness (QED) is 0.401. The summed E-state index contributed by atoms with van der Waals surface area (Å²) in [6.07, 6.45) is 0. The van der Waals surface area contributed by atoms with Crippen LogP contribution in [-0.4, -0.2) is 55.8 Å². The lowest BCUT2D eigenvalue weighted by Gasteiger charge is -2.38. The van der Waals surface area contributed by atoms with Crippen LogP contribution in [0.4, 0.5) is 0 Å². The summed E-state index contributed by atoms with van der Waals surface area (Å²) in [5.74, 6) is 0.879. The van der Waals surface area contributed by atoms with Crippen molar-refractivity contribution < 1.29 is 4.74 Å². The van der Waals surface area contributed by atoms with Crippen molar-refractivity contribution in [1.82, 2.24) is 15.5 Å². The molecule has 0 spiro atoms. The molecule has 0 aromatic heterocycles. The Labute approximate surface area is 163 Å². The van der Waals surface area contributed by atoms with Gasteiger partial charge in [-0.05, 0) is 26.3 Å². The highest BCUT2D eigenvalue weighted by molar-refractivity contribution is 14.0. The van der Waals surface area contributed by atoms with Crippen LogP contribution in [-0.2, 0) is 11.3 Å². The molecule has 2 N–H and O–H groups in total. The van der Waals surface area contributed by atoms with E-state index in [-0.39, 0.29) is 24.0 Å². The molecule has 1 fully saturated rings. The molecule has 2 rings (SSSR count). The van der Waals surface area contributed by atoms with Crippen LogP contribution in [0.2, 0.25) is 0 Å². The topological polar surface area (TPSA) is 48.9 Å². The van der Waals surface area contributed by atoms with Gasteiger partial charge in [-0.25, -0.2) is 4.99 Å². The zero-order valence-corrected chi connectivity index (χ0v) is 17.3. The van der Waals surface area contributed by atoms with Crippen molar-refractivity contribution in [3.63, 3.8) is 0 Å². The van der Waals surface area contributed by atoms with E-state index < -0.39 is 0 Å². The van der Waals surface area contributed by atoms with Gasteiger partial charge in [0.25, 0.3) is 0 Å². The van der Waals surface area contributed by atoms with Crippen LogP contribution in [0, 0.1) is 0 Å². The molecule has 1 aromatic rings. The smallest absolute Gasteiger partial charge is 0.191 e. The molecule has 136 valence electrons. The van der Waals surface area contributed by atoms with E-state index in [9.17, 15) is 0 Å². The van der Waals surface area contributed by atoms with Crippen molar-refractivity contribution in [2.75, 3.05) is 32.8 Å². The lowest BCUT2D eigenvalue weighted by Crippen LogP contribution is -2.53. The first-order chi connectivity index (χ1) is 11.2. The van der Waals surface area contributed by atoms with Gasteiger partial charge >= 0.3 is 0 Å². The van der Waals surface area contributed by atoms with E-state index in [0.717, 1.165) is 38.8 Å². The van der Waals surface area contributed by atoms with Gasteiger partial charge in [-0.15, -0.1) is 24.0 Å². The molecule has 0 saturated carbocycles. The SMILES string of the molecule is CCNC(=NCc1ccccc1)NCC(C)N1CCOCC1C.I. The summed E-state index contributed by atoms with van der Waals surface area (Å²) in [6.45, 7) is 11.7. The average Bonchev–Trinajstić information content (AvgIpc) is 2.58. The summed E-state index contributed by atoms with van der Waals surface area (Å²) in [5, 5.41) is 6.78. The first-order valence-electron chi connectivity index (χ1n) is 8.60. The number of ether oxygens (including phenoxy) is 1. The zero-order valence-electron chi connectivity index (χ0n) is 15.0. The number of rotatable bonds is 6. The van der Waals surface area contributed by atoms with Crippen LogP contribution in [0.1, 0.15) is 26.3 Å². The second-order valence-corrected chi connectivity index (χ2v) is 6.07. The molecular formula is C18H31IN4O. The highest BCUT2D eigenvalue weighted by atomic mass is 127. The molecule has 24 heavy (non-hydrogen) atoms. The third-order valence-electron chi connectivity index (χ3n) is 4.16. The zero-order chi connectivity index (χ0) is 16.5. The number of morpholine rings is 1. The number of nitrogens with one attached hydrogen (secondary N) is 2. The Morgan fingerprint density at radius 3 is 2.75 bits per heavy atom. The molecule has 0 bridgehead atoms. The minimum Gasteiger partial charge on any atom is -0.379 e. The second kappa shape index (κ2) is 11.7. The Bertz CT molecular complexity index is 483. The molecule has 1 aliphatic heterocycles. The van der Waals surface area contributed by atoms with Crippen LogP contribution >= 0.6 is 24.0 Å². The van der Waals surface area contributed by atoms with Gasteiger partial charge in [0.1, 0.15) is 0 Å². The molecule has 6 heteroatoms. The van der Waals surface area contributed by atoms with Gasteiger partial charge in [-0.3, -0.25) is 4.90 Å².